The van der Waals surface area contributed by atoms with E-state index in [2.05, 4.69) is 0 Å². The summed E-state index contributed by atoms with van der Waals surface area (Å²) in [4.78, 5) is 36.4. The molecule has 1 saturated carbocycles. The SMILES string of the molecule is O=C(/C=C\c1ccc(O)c(O)c1)OC1C(O)CC(OC(=O)/C=C/c2ccc(O)c(O)c2)(C(=O)O)CC1O. The smallest absolute Gasteiger partial charge is 0.348 e. The number of phenolic OH excluding ortho intramolecular Hbond substituents is 4. The second-order valence-electron chi connectivity index (χ2n) is 8.33. The first-order valence-corrected chi connectivity index (χ1v) is 10.8. The van der Waals surface area contributed by atoms with Crippen LogP contribution in [-0.4, -0.2) is 77.6 Å². The molecule has 0 bridgehead atoms. The van der Waals surface area contributed by atoms with E-state index in [1.165, 1.54) is 42.5 Å². The van der Waals surface area contributed by atoms with Crippen molar-refractivity contribution < 1.29 is 59.6 Å². The number of aliphatic carboxylic acids is 1. The van der Waals surface area contributed by atoms with Gasteiger partial charge in [-0.25, -0.2) is 14.4 Å². The Morgan fingerprint density at radius 2 is 1.22 bits per heavy atom. The first-order valence-electron chi connectivity index (χ1n) is 10.8. The van der Waals surface area contributed by atoms with Crippen molar-refractivity contribution in [1.82, 2.24) is 0 Å². The lowest BCUT2D eigenvalue weighted by Crippen LogP contribution is -2.58. The number of ether oxygens (including phenoxy) is 2. The second-order valence-corrected chi connectivity index (χ2v) is 8.33. The van der Waals surface area contributed by atoms with Gasteiger partial charge in [-0.3, -0.25) is 0 Å². The fraction of sp³-hybridized carbons (Fsp3) is 0.240. The van der Waals surface area contributed by atoms with E-state index in [1.54, 1.807) is 0 Å². The maximum Gasteiger partial charge on any atom is 0.348 e. The summed E-state index contributed by atoms with van der Waals surface area (Å²) in [5, 5.41) is 68.3. The van der Waals surface area contributed by atoms with Crippen LogP contribution in [-0.2, 0) is 23.9 Å². The third-order valence-electron chi connectivity index (χ3n) is 5.60. The molecule has 2 aromatic carbocycles. The molecule has 1 fully saturated rings. The number of esters is 2. The minimum Gasteiger partial charge on any atom is -0.504 e. The molecule has 3 rings (SSSR count). The fourth-order valence-corrected chi connectivity index (χ4v) is 3.72. The number of carbonyl (C=O) groups excluding carboxylic acids is 2. The summed E-state index contributed by atoms with van der Waals surface area (Å²) < 4.78 is 10.1. The summed E-state index contributed by atoms with van der Waals surface area (Å²) in [5.74, 6) is -5.32. The normalized spacial score (nSPS) is 23.7. The number of benzene rings is 2. The van der Waals surface area contributed by atoms with E-state index in [-0.39, 0.29) is 11.5 Å². The molecule has 37 heavy (non-hydrogen) atoms. The number of hydrogen-bond donors (Lipinski definition) is 7. The lowest BCUT2D eigenvalue weighted by molar-refractivity contribution is -0.207. The van der Waals surface area contributed by atoms with Crippen LogP contribution in [0.2, 0.25) is 0 Å². The molecule has 1 aliphatic carbocycles. The van der Waals surface area contributed by atoms with Gasteiger partial charge in [0.05, 0.1) is 12.2 Å². The zero-order valence-electron chi connectivity index (χ0n) is 19.1. The van der Waals surface area contributed by atoms with Crippen molar-refractivity contribution in [3.63, 3.8) is 0 Å². The van der Waals surface area contributed by atoms with E-state index < -0.39 is 66.2 Å². The van der Waals surface area contributed by atoms with Crippen molar-refractivity contribution in [3.05, 3.63) is 59.7 Å². The molecule has 12 nitrogen and oxygen atoms in total. The van der Waals surface area contributed by atoms with Gasteiger partial charge in [-0.2, -0.15) is 0 Å². The minimum absolute atomic E-state index is 0.294. The Labute approximate surface area is 209 Å². The highest BCUT2D eigenvalue weighted by atomic mass is 16.6. The van der Waals surface area contributed by atoms with Crippen LogP contribution in [0.3, 0.4) is 0 Å². The lowest BCUT2D eigenvalue weighted by Gasteiger charge is -2.41. The van der Waals surface area contributed by atoms with Crippen LogP contribution >= 0.6 is 0 Å². The number of carbonyl (C=O) groups is 3. The molecule has 12 heteroatoms. The van der Waals surface area contributed by atoms with Crippen LogP contribution in [0.5, 0.6) is 23.0 Å². The number of aliphatic hydroxyl groups excluding tert-OH is 2. The molecule has 2 unspecified atom stereocenters. The third-order valence-corrected chi connectivity index (χ3v) is 5.60. The van der Waals surface area contributed by atoms with Crippen molar-refractivity contribution in [3.8, 4) is 23.0 Å². The highest BCUT2D eigenvalue weighted by molar-refractivity contribution is 5.91. The number of aromatic hydroxyl groups is 4. The van der Waals surface area contributed by atoms with Crippen LogP contribution in [0.25, 0.3) is 12.2 Å². The van der Waals surface area contributed by atoms with Gasteiger partial charge >= 0.3 is 17.9 Å². The second kappa shape index (κ2) is 11.0. The largest absolute Gasteiger partial charge is 0.504 e. The molecular formula is C25H24O12. The minimum atomic E-state index is -2.32. The quantitative estimate of drug-likeness (QED) is 0.156. The van der Waals surface area contributed by atoms with E-state index in [0.717, 1.165) is 18.2 Å². The van der Waals surface area contributed by atoms with Crippen molar-refractivity contribution in [2.45, 2.75) is 36.8 Å². The van der Waals surface area contributed by atoms with Crippen LogP contribution in [0.15, 0.2) is 48.6 Å². The number of carboxylic acids is 1. The number of aliphatic hydroxyl groups is 2. The molecular weight excluding hydrogens is 492 g/mol. The highest BCUT2D eigenvalue weighted by Crippen LogP contribution is 2.35. The predicted octanol–water partition coefficient (Wildman–Crippen LogP) is 1.03. The molecule has 0 heterocycles. The van der Waals surface area contributed by atoms with Gasteiger partial charge in [0.1, 0.15) is 0 Å². The molecule has 2 atom stereocenters. The van der Waals surface area contributed by atoms with Gasteiger partial charge in [0.2, 0.25) is 5.60 Å². The van der Waals surface area contributed by atoms with Gasteiger partial charge in [0, 0.05) is 25.0 Å². The summed E-state index contributed by atoms with van der Waals surface area (Å²) in [6.07, 6.45) is -2.07. The monoisotopic (exact) mass is 516 g/mol. The lowest BCUT2D eigenvalue weighted by atomic mass is 9.79. The standard InChI is InChI=1S/C25H24O12/c26-15-5-1-13(9-17(15)28)3-7-21(32)36-23-19(30)11-25(24(34)35,12-20(23)31)37-22(33)8-4-14-2-6-16(27)18(29)10-14/h1-10,19-20,23,26-31H,11-12H2,(H,34,35)/b7-3-,8-4+. The summed E-state index contributed by atoms with van der Waals surface area (Å²) in [6, 6.07) is 7.48. The molecule has 2 aromatic rings. The first kappa shape index (κ1) is 27.0. The van der Waals surface area contributed by atoms with Crippen LogP contribution in [0.4, 0.5) is 0 Å². The zero-order chi connectivity index (χ0) is 27.3. The van der Waals surface area contributed by atoms with Crippen molar-refractivity contribution >= 4 is 30.1 Å². The molecule has 0 amide bonds. The number of rotatable bonds is 7. The topological polar surface area (TPSA) is 211 Å². The molecule has 0 saturated heterocycles. The molecule has 0 radical (unpaired) electrons. The Kier molecular flexibility index (Phi) is 8.05. The molecule has 1 aliphatic rings. The predicted molar refractivity (Wildman–Crippen MR) is 125 cm³/mol. The van der Waals surface area contributed by atoms with Gasteiger partial charge in [-0.1, -0.05) is 12.1 Å². The van der Waals surface area contributed by atoms with Crippen molar-refractivity contribution in [1.29, 1.82) is 0 Å². The van der Waals surface area contributed by atoms with E-state index in [1.807, 2.05) is 0 Å². The molecule has 0 aliphatic heterocycles. The third kappa shape index (κ3) is 6.57. The summed E-state index contributed by atoms with van der Waals surface area (Å²) >= 11 is 0. The van der Waals surface area contributed by atoms with Gasteiger partial charge in [-0.05, 0) is 47.5 Å². The summed E-state index contributed by atoms with van der Waals surface area (Å²) in [5.41, 5.74) is -1.69. The van der Waals surface area contributed by atoms with E-state index >= 15 is 0 Å². The van der Waals surface area contributed by atoms with Crippen LogP contribution in [0.1, 0.15) is 24.0 Å². The van der Waals surface area contributed by atoms with Crippen LogP contribution in [0, 0.1) is 0 Å². The molecule has 0 aromatic heterocycles. The van der Waals surface area contributed by atoms with Crippen LogP contribution < -0.4 is 0 Å². The zero-order valence-corrected chi connectivity index (χ0v) is 19.1. The van der Waals surface area contributed by atoms with Gasteiger partial charge in [0.25, 0.3) is 0 Å². The number of carboxylic acid groups (broad SMARTS) is 1. The maximum absolute atomic E-state index is 12.3. The first-order chi connectivity index (χ1) is 17.4. The average Bonchev–Trinajstić information content (AvgIpc) is 2.83. The van der Waals surface area contributed by atoms with E-state index in [9.17, 15) is 50.1 Å². The van der Waals surface area contributed by atoms with Crippen molar-refractivity contribution in [2.75, 3.05) is 0 Å². The Hall–Kier alpha value is -4.55. The Morgan fingerprint density at radius 3 is 1.65 bits per heavy atom. The Morgan fingerprint density at radius 1 is 0.757 bits per heavy atom. The number of hydrogen-bond acceptors (Lipinski definition) is 11. The van der Waals surface area contributed by atoms with Gasteiger partial charge in [-0.15, -0.1) is 0 Å². The summed E-state index contributed by atoms with van der Waals surface area (Å²) in [7, 11) is 0. The highest BCUT2D eigenvalue weighted by Gasteiger charge is 2.54. The van der Waals surface area contributed by atoms with Gasteiger partial charge in [0.15, 0.2) is 29.1 Å². The van der Waals surface area contributed by atoms with E-state index in [0.29, 0.717) is 11.1 Å². The van der Waals surface area contributed by atoms with Crippen molar-refractivity contribution in [2.24, 2.45) is 0 Å². The fourth-order valence-electron chi connectivity index (χ4n) is 3.72. The van der Waals surface area contributed by atoms with Gasteiger partial charge < -0.3 is 45.2 Å². The Bertz CT molecular complexity index is 1240. The Balaban J connectivity index is 1.66. The molecule has 196 valence electrons. The summed E-state index contributed by atoms with van der Waals surface area (Å²) in [6.45, 7) is 0. The van der Waals surface area contributed by atoms with E-state index in [4.69, 9.17) is 9.47 Å². The average molecular weight is 516 g/mol. The maximum atomic E-state index is 12.3. The molecule has 0 spiro atoms. The molecule has 7 N–H and O–H groups in total. The number of phenols is 4.